The molecule has 0 aliphatic rings. The molecule has 1 atom stereocenters. The van der Waals surface area contributed by atoms with E-state index in [0.29, 0.717) is 12.1 Å². The maximum Gasteiger partial charge on any atom is 0.416 e. The summed E-state index contributed by atoms with van der Waals surface area (Å²) in [6.45, 7) is 1.04. The van der Waals surface area contributed by atoms with Crippen molar-refractivity contribution >= 4 is 27.6 Å². The van der Waals surface area contributed by atoms with E-state index in [-0.39, 0.29) is 0 Å². The van der Waals surface area contributed by atoms with Gasteiger partial charge in [-0.15, -0.1) is 0 Å². The van der Waals surface area contributed by atoms with Gasteiger partial charge in [-0.1, -0.05) is 11.6 Å². The lowest BCUT2D eigenvalue weighted by Crippen LogP contribution is -2.38. The summed E-state index contributed by atoms with van der Waals surface area (Å²) >= 11 is 5.45. The summed E-state index contributed by atoms with van der Waals surface area (Å²) in [5.74, 6) is -1.47. The molecular weight excluding hydrogens is 323 g/mol. The number of carbonyl (C=O) groups is 1. The molecule has 112 valence electrons. The summed E-state index contributed by atoms with van der Waals surface area (Å²) in [6, 6.07) is 0.255. The van der Waals surface area contributed by atoms with Gasteiger partial charge in [-0.2, -0.15) is 17.9 Å². The minimum atomic E-state index is -4.77. The number of benzene rings is 1. The zero-order valence-electron chi connectivity index (χ0n) is 9.90. The molecule has 1 rings (SSSR count). The van der Waals surface area contributed by atoms with E-state index in [1.54, 1.807) is 4.72 Å². The molecule has 0 amide bonds. The number of halogens is 4. The van der Waals surface area contributed by atoms with E-state index in [0.717, 1.165) is 13.0 Å². The third-order valence-corrected chi connectivity index (χ3v) is 3.95. The number of carboxylic acids is 1. The maximum absolute atomic E-state index is 12.6. The smallest absolute Gasteiger partial charge is 0.416 e. The van der Waals surface area contributed by atoms with E-state index in [9.17, 15) is 26.4 Å². The second kappa shape index (κ2) is 5.58. The van der Waals surface area contributed by atoms with Crippen LogP contribution in [0.4, 0.5) is 13.2 Å². The van der Waals surface area contributed by atoms with Crippen LogP contribution in [-0.2, 0) is 21.0 Å². The largest absolute Gasteiger partial charge is 0.480 e. The third kappa shape index (κ3) is 4.09. The Balaban J connectivity index is 3.26. The van der Waals surface area contributed by atoms with Crippen LogP contribution >= 0.6 is 11.6 Å². The van der Waals surface area contributed by atoms with E-state index in [4.69, 9.17) is 16.7 Å². The molecule has 1 aromatic carbocycles. The molecule has 0 unspecified atom stereocenters. The minimum absolute atomic E-state index is 0.378. The van der Waals surface area contributed by atoms with Gasteiger partial charge in [0.15, 0.2) is 0 Å². The zero-order chi connectivity index (χ0) is 15.7. The van der Waals surface area contributed by atoms with Crippen LogP contribution in [0.1, 0.15) is 12.5 Å². The number of aliphatic carboxylic acids is 1. The van der Waals surface area contributed by atoms with Crippen molar-refractivity contribution in [1.29, 1.82) is 0 Å². The average molecular weight is 332 g/mol. The number of nitrogens with one attached hydrogen (secondary N) is 1. The maximum atomic E-state index is 12.6. The lowest BCUT2D eigenvalue weighted by molar-refractivity contribution is -0.139. The molecule has 0 saturated carbocycles. The van der Waals surface area contributed by atoms with E-state index in [2.05, 4.69) is 0 Å². The number of alkyl halides is 3. The van der Waals surface area contributed by atoms with Crippen LogP contribution < -0.4 is 4.72 Å². The Kier molecular flexibility index (Phi) is 4.67. The molecule has 0 aromatic heterocycles. The Hall–Kier alpha value is -1.32. The van der Waals surface area contributed by atoms with Gasteiger partial charge < -0.3 is 5.11 Å². The highest BCUT2D eigenvalue weighted by atomic mass is 35.5. The SMILES string of the molecule is C[C@H](NS(=O)(=O)c1cc(Cl)cc(C(F)(F)F)c1)C(=O)O. The summed E-state index contributed by atoms with van der Waals surface area (Å²) in [4.78, 5) is 9.81. The van der Waals surface area contributed by atoms with Crippen LogP contribution in [0.5, 0.6) is 0 Å². The first-order valence-corrected chi connectivity index (χ1v) is 6.92. The summed E-state index contributed by atoms with van der Waals surface area (Å²) in [7, 11) is -4.43. The number of rotatable bonds is 4. The van der Waals surface area contributed by atoms with E-state index in [1.165, 1.54) is 0 Å². The van der Waals surface area contributed by atoms with Crippen molar-refractivity contribution in [3.63, 3.8) is 0 Å². The topological polar surface area (TPSA) is 83.5 Å². The molecule has 0 heterocycles. The van der Waals surface area contributed by atoms with Crippen molar-refractivity contribution in [2.24, 2.45) is 0 Å². The standard InChI is InChI=1S/C10H9ClF3NO4S/c1-5(9(16)17)15-20(18,19)8-3-6(10(12,13)14)2-7(11)4-8/h2-5,15H,1H3,(H,16,17)/t5-/m0/s1. The number of hydrogen-bond acceptors (Lipinski definition) is 3. The highest BCUT2D eigenvalue weighted by molar-refractivity contribution is 7.89. The second-order valence-corrected chi connectivity index (χ2v) is 6.00. The van der Waals surface area contributed by atoms with Crippen LogP contribution in [0.15, 0.2) is 23.1 Å². The molecule has 1 aromatic rings. The lowest BCUT2D eigenvalue weighted by Gasteiger charge is -2.13. The molecule has 0 fully saturated rings. The molecule has 2 N–H and O–H groups in total. The molecular formula is C10H9ClF3NO4S. The monoisotopic (exact) mass is 331 g/mol. The van der Waals surface area contributed by atoms with Crippen molar-refractivity contribution in [1.82, 2.24) is 4.72 Å². The van der Waals surface area contributed by atoms with Gasteiger partial charge in [-0.25, -0.2) is 8.42 Å². The Morgan fingerprint density at radius 2 is 1.90 bits per heavy atom. The second-order valence-electron chi connectivity index (χ2n) is 3.85. The highest BCUT2D eigenvalue weighted by Gasteiger charge is 2.33. The van der Waals surface area contributed by atoms with E-state index < -0.39 is 43.7 Å². The molecule has 0 aliphatic heterocycles. The van der Waals surface area contributed by atoms with Crippen molar-refractivity contribution in [3.05, 3.63) is 28.8 Å². The van der Waals surface area contributed by atoms with E-state index in [1.807, 2.05) is 0 Å². The molecule has 5 nitrogen and oxygen atoms in total. The van der Waals surface area contributed by atoms with Crippen LogP contribution in [-0.4, -0.2) is 25.5 Å². The predicted molar refractivity (Wildman–Crippen MR) is 63.9 cm³/mol. The quantitative estimate of drug-likeness (QED) is 0.885. The number of sulfonamides is 1. The Bertz CT molecular complexity index is 630. The predicted octanol–water partition coefficient (Wildman–Crippen LogP) is 2.11. The van der Waals surface area contributed by atoms with Gasteiger partial charge in [-0.05, 0) is 25.1 Å². The Morgan fingerprint density at radius 3 is 2.35 bits per heavy atom. The molecule has 0 saturated heterocycles. The first kappa shape index (κ1) is 16.7. The van der Waals surface area contributed by atoms with Gasteiger partial charge in [0.25, 0.3) is 0 Å². The van der Waals surface area contributed by atoms with Gasteiger partial charge in [-0.3, -0.25) is 4.79 Å². The summed E-state index contributed by atoms with van der Waals surface area (Å²) in [6.07, 6.45) is -4.77. The van der Waals surface area contributed by atoms with Crippen molar-refractivity contribution in [2.75, 3.05) is 0 Å². The van der Waals surface area contributed by atoms with Crippen molar-refractivity contribution < 1.29 is 31.5 Å². The van der Waals surface area contributed by atoms with Crippen molar-refractivity contribution in [2.45, 2.75) is 24.0 Å². The fourth-order valence-electron chi connectivity index (χ4n) is 1.23. The first-order chi connectivity index (χ1) is 8.93. The summed E-state index contributed by atoms with van der Waals surface area (Å²) in [5.41, 5.74) is -1.24. The molecule has 0 spiro atoms. The number of carboxylic acid groups (broad SMARTS) is 1. The first-order valence-electron chi connectivity index (χ1n) is 5.06. The van der Waals surface area contributed by atoms with Crippen LogP contribution in [0, 0.1) is 0 Å². The van der Waals surface area contributed by atoms with Gasteiger partial charge >= 0.3 is 12.1 Å². The van der Waals surface area contributed by atoms with Gasteiger partial charge in [0.05, 0.1) is 10.5 Å². The van der Waals surface area contributed by atoms with Crippen LogP contribution in [0.25, 0.3) is 0 Å². The molecule has 0 bridgehead atoms. The van der Waals surface area contributed by atoms with Gasteiger partial charge in [0, 0.05) is 5.02 Å². The molecule has 20 heavy (non-hydrogen) atoms. The van der Waals surface area contributed by atoms with Crippen LogP contribution in [0.3, 0.4) is 0 Å². The fraction of sp³-hybridized carbons (Fsp3) is 0.300. The zero-order valence-corrected chi connectivity index (χ0v) is 11.5. The molecule has 0 aliphatic carbocycles. The third-order valence-electron chi connectivity index (χ3n) is 2.21. The highest BCUT2D eigenvalue weighted by Crippen LogP contribution is 2.32. The lowest BCUT2D eigenvalue weighted by atomic mass is 10.2. The minimum Gasteiger partial charge on any atom is -0.480 e. The van der Waals surface area contributed by atoms with Gasteiger partial charge in [0.1, 0.15) is 6.04 Å². The van der Waals surface area contributed by atoms with E-state index >= 15 is 0 Å². The fourth-order valence-corrected chi connectivity index (χ4v) is 2.80. The normalized spacial score (nSPS) is 14.1. The van der Waals surface area contributed by atoms with Crippen molar-refractivity contribution in [3.8, 4) is 0 Å². The molecule has 10 heteroatoms. The van der Waals surface area contributed by atoms with Crippen LogP contribution in [0.2, 0.25) is 5.02 Å². The average Bonchev–Trinajstić information content (AvgIpc) is 2.26. The molecule has 0 radical (unpaired) electrons. The Morgan fingerprint density at radius 1 is 1.35 bits per heavy atom. The van der Waals surface area contributed by atoms with Gasteiger partial charge in [0.2, 0.25) is 10.0 Å². The Labute approximate surface area is 117 Å². The summed E-state index contributed by atoms with van der Waals surface area (Å²) < 4.78 is 63.0. The number of hydrogen-bond donors (Lipinski definition) is 2. The summed E-state index contributed by atoms with van der Waals surface area (Å²) in [5, 5.41) is 8.17.